The molecule has 1 aromatic rings. The van der Waals surface area contributed by atoms with Crippen molar-refractivity contribution in [2.75, 3.05) is 13.2 Å². The molecule has 0 bridgehead atoms. The second-order valence-electron chi connectivity index (χ2n) is 1.80. The molecular weight excluding hydrogens is 159 g/mol. The average Bonchev–Trinajstić information content (AvgIpc) is 2.33. The van der Waals surface area contributed by atoms with Gasteiger partial charge in [0, 0.05) is 40.3 Å². The molecule has 2 heterocycles. The van der Waals surface area contributed by atoms with Gasteiger partial charge in [-0.2, -0.15) is 0 Å². The Kier molecular flexibility index (Phi) is 3.04. The Morgan fingerprint density at radius 3 is 2.10 bits per heavy atom. The van der Waals surface area contributed by atoms with Crippen molar-refractivity contribution in [3.63, 3.8) is 0 Å². The Labute approximate surface area is 85.4 Å². The fourth-order valence-corrected chi connectivity index (χ4v) is 1.47. The Balaban J connectivity index is 0.000000500. The molecule has 0 aromatic carbocycles. The summed E-state index contributed by atoms with van der Waals surface area (Å²) in [6.45, 7) is 1.37. The largest absolute Gasteiger partial charge is 0.485 e. The molecule has 0 saturated carbocycles. The van der Waals surface area contributed by atoms with Gasteiger partial charge in [-0.3, -0.25) is 0 Å². The molecule has 0 atom stereocenters. The number of fused-ring (bicyclic) bond motifs is 1. The average molecular weight is 165 g/mol. The van der Waals surface area contributed by atoms with E-state index in [0.29, 0.717) is 13.2 Å². The molecule has 1 aliphatic heterocycles. The molecule has 10 heavy (non-hydrogen) atoms. The molecule has 49 valence electrons. The Morgan fingerprint density at radius 2 is 1.60 bits per heavy atom. The van der Waals surface area contributed by atoms with E-state index in [2.05, 4.69) is 0 Å². The van der Waals surface area contributed by atoms with Crippen molar-refractivity contribution in [1.82, 2.24) is 0 Å². The molecule has 1 radical (unpaired) electrons. The minimum atomic E-state index is 0. The summed E-state index contributed by atoms with van der Waals surface area (Å²) in [4.78, 5) is 0. The first-order chi connectivity index (χ1) is 4.47. The first kappa shape index (κ1) is 8.40. The van der Waals surface area contributed by atoms with E-state index in [1.54, 1.807) is 11.3 Å². The molecule has 2 nitrogen and oxygen atoms in total. The van der Waals surface area contributed by atoms with Crippen LogP contribution in [0, 0.1) is 0 Å². The summed E-state index contributed by atoms with van der Waals surface area (Å²) in [5.74, 6) is 1.79. The van der Waals surface area contributed by atoms with E-state index >= 15 is 0 Å². The van der Waals surface area contributed by atoms with Gasteiger partial charge in [-0.25, -0.2) is 0 Å². The summed E-state index contributed by atoms with van der Waals surface area (Å²) in [6.07, 6.45) is 0. The minimum absolute atomic E-state index is 0. The normalized spacial score (nSPS) is 14.0. The van der Waals surface area contributed by atoms with E-state index in [-0.39, 0.29) is 29.6 Å². The van der Waals surface area contributed by atoms with Crippen molar-refractivity contribution in [2.24, 2.45) is 0 Å². The fourth-order valence-electron chi connectivity index (χ4n) is 0.787. The first-order valence-corrected chi connectivity index (χ1v) is 3.73. The number of ether oxygens (including phenoxy) is 2. The molecule has 0 saturated heterocycles. The summed E-state index contributed by atoms with van der Waals surface area (Å²) < 4.78 is 10.5. The molecule has 0 unspecified atom stereocenters. The summed E-state index contributed by atoms with van der Waals surface area (Å²) in [5.41, 5.74) is 0. The van der Waals surface area contributed by atoms with Crippen molar-refractivity contribution >= 4 is 40.9 Å². The van der Waals surface area contributed by atoms with E-state index in [9.17, 15) is 0 Å². The van der Waals surface area contributed by atoms with Crippen LogP contribution in [0.3, 0.4) is 0 Å². The van der Waals surface area contributed by atoms with Gasteiger partial charge in [0.25, 0.3) is 0 Å². The van der Waals surface area contributed by atoms with Crippen LogP contribution >= 0.6 is 11.3 Å². The van der Waals surface area contributed by atoms with Crippen molar-refractivity contribution in [3.05, 3.63) is 10.8 Å². The second kappa shape index (κ2) is 3.62. The van der Waals surface area contributed by atoms with Crippen molar-refractivity contribution in [3.8, 4) is 11.5 Å². The number of thiophene rings is 1. The third-order valence-electron chi connectivity index (χ3n) is 1.19. The summed E-state index contributed by atoms with van der Waals surface area (Å²) >= 11 is 1.61. The predicted molar refractivity (Wildman–Crippen MR) is 41.1 cm³/mol. The SMILES string of the molecule is [Na].c1scc2c1OCCO2. The molecule has 0 N–H and O–H groups in total. The number of rotatable bonds is 0. The summed E-state index contributed by atoms with van der Waals surface area (Å²) in [5, 5.41) is 3.91. The Morgan fingerprint density at radius 1 is 1.10 bits per heavy atom. The maximum Gasteiger partial charge on any atom is 0.172 e. The van der Waals surface area contributed by atoms with Crippen molar-refractivity contribution in [2.45, 2.75) is 0 Å². The van der Waals surface area contributed by atoms with Crippen LogP contribution in [0.15, 0.2) is 10.8 Å². The summed E-state index contributed by atoms with van der Waals surface area (Å²) in [6, 6.07) is 0. The second-order valence-corrected chi connectivity index (χ2v) is 2.54. The standard InChI is InChI=1S/C6H6O2S.Na/c1-2-8-6-4-9-3-5(6)7-1;/h3-4H,1-2H2;. The molecular formula is C6H6NaO2S. The zero-order chi connectivity index (χ0) is 6.10. The van der Waals surface area contributed by atoms with Crippen LogP contribution in [-0.4, -0.2) is 42.8 Å². The molecule has 1 aromatic heterocycles. The van der Waals surface area contributed by atoms with E-state index < -0.39 is 0 Å². The van der Waals surface area contributed by atoms with Crippen LogP contribution in [0.1, 0.15) is 0 Å². The van der Waals surface area contributed by atoms with Gasteiger partial charge in [0.15, 0.2) is 11.5 Å². The van der Waals surface area contributed by atoms with Gasteiger partial charge in [0.2, 0.25) is 0 Å². The Hall–Kier alpha value is 0.300. The van der Waals surface area contributed by atoms with Gasteiger partial charge >= 0.3 is 0 Å². The molecule has 1 aliphatic rings. The van der Waals surface area contributed by atoms with Crippen molar-refractivity contribution < 1.29 is 9.47 Å². The van der Waals surface area contributed by atoms with Crippen LogP contribution < -0.4 is 9.47 Å². The predicted octanol–water partition coefficient (Wildman–Crippen LogP) is 1.14. The van der Waals surface area contributed by atoms with Gasteiger partial charge in [-0.15, -0.1) is 11.3 Å². The van der Waals surface area contributed by atoms with Crippen LogP contribution in [-0.2, 0) is 0 Å². The number of hydrogen-bond donors (Lipinski definition) is 0. The molecule has 0 amide bonds. The van der Waals surface area contributed by atoms with Gasteiger partial charge in [0.1, 0.15) is 13.2 Å². The van der Waals surface area contributed by atoms with E-state index in [1.807, 2.05) is 10.8 Å². The smallest absolute Gasteiger partial charge is 0.172 e. The van der Waals surface area contributed by atoms with Gasteiger partial charge < -0.3 is 9.47 Å². The first-order valence-electron chi connectivity index (χ1n) is 2.78. The minimum Gasteiger partial charge on any atom is -0.485 e. The van der Waals surface area contributed by atoms with E-state index in [0.717, 1.165) is 11.5 Å². The van der Waals surface area contributed by atoms with Gasteiger partial charge in [-0.1, -0.05) is 0 Å². The Bertz CT molecular complexity index is 191. The van der Waals surface area contributed by atoms with Crippen molar-refractivity contribution in [1.29, 1.82) is 0 Å². The maximum absolute atomic E-state index is 5.25. The zero-order valence-electron chi connectivity index (χ0n) is 5.79. The number of hydrogen-bond acceptors (Lipinski definition) is 3. The van der Waals surface area contributed by atoms with Gasteiger partial charge in [0.05, 0.1) is 0 Å². The van der Waals surface area contributed by atoms with E-state index in [4.69, 9.17) is 9.47 Å². The van der Waals surface area contributed by atoms with Crippen LogP contribution in [0.5, 0.6) is 11.5 Å². The molecule has 0 fully saturated rings. The molecule has 2 rings (SSSR count). The molecule has 0 spiro atoms. The zero-order valence-corrected chi connectivity index (χ0v) is 8.61. The third-order valence-corrected chi connectivity index (χ3v) is 1.89. The quantitative estimate of drug-likeness (QED) is 0.537. The van der Waals surface area contributed by atoms with Gasteiger partial charge in [-0.05, 0) is 0 Å². The van der Waals surface area contributed by atoms with Crippen LogP contribution in [0.4, 0.5) is 0 Å². The molecule has 0 aliphatic carbocycles. The fraction of sp³-hybridized carbons (Fsp3) is 0.333. The third kappa shape index (κ3) is 1.48. The van der Waals surface area contributed by atoms with Crippen LogP contribution in [0.2, 0.25) is 0 Å². The molecule has 4 heteroatoms. The monoisotopic (exact) mass is 165 g/mol. The maximum atomic E-state index is 5.25. The topological polar surface area (TPSA) is 18.5 Å². The van der Waals surface area contributed by atoms with E-state index in [1.165, 1.54) is 0 Å². The van der Waals surface area contributed by atoms with Crippen LogP contribution in [0.25, 0.3) is 0 Å². The summed E-state index contributed by atoms with van der Waals surface area (Å²) in [7, 11) is 0.